The molecule has 1 rings (SSSR count). The molecular weight excluding hydrogens is 170 g/mol. The van der Waals surface area contributed by atoms with E-state index < -0.39 is 5.97 Å². The molecule has 0 aromatic carbocycles. The van der Waals surface area contributed by atoms with Gasteiger partial charge < -0.3 is 16.2 Å². The number of anilines is 2. The van der Waals surface area contributed by atoms with Crippen molar-refractivity contribution in [2.45, 2.75) is 6.92 Å². The van der Waals surface area contributed by atoms with Gasteiger partial charge in [-0.1, -0.05) is 0 Å². The zero-order valence-electron chi connectivity index (χ0n) is 7.28. The topological polar surface area (TPSA) is 91.2 Å². The van der Waals surface area contributed by atoms with Gasteiger partial charge in [-0.05, 0) is 13.0 Å². The maximum atomic E-state index is 11.2. The fourth-order valence-corrected chi connectivity index (χ4v) is 0.876. The van der Waals surface area contributed by atoms with Gasteiger partial charge in [0, 0.05) is 6.20 Å². The van der Waals surface area contributed by atoms with Crippen molar-refractivity contribution in [2.75, 3.05) is 18.1 Å². The van der Waals surface area contributed by atoms with Gasteiger partial charge in [-0.15, -0.1) is 0 Å². The second kappa shape index (κ2) is 3.75. The number of hydrogen-bond acceptors (Lipinski definition) is 5. The van der Waals surface area contributed by atoms with Gasteiger partial charge in [0.05, 0.1) is 17.9 Å². The number of rotatable bonds is 2. The quantitative estimate of drug-likeness (QED) is 0.645. The largest absolute Gasteiger partial charge is 0.462 e. The van der Waals surface area contributed by atoms with Crippen molar-refractivity contribution in [3.05, 3.63) is 17.8 Å². The summed E-state index contributed by atoms with van der Waals surface area (Å²) in [5.41, 5.74) is 11.4. The highest BCUT2D eigenvalue weighted by atomic mass is 16.5. The minimum Gasteiger partial charge on any atom is -0.462 e. The number of nitrogen functional groups attached to an aromatic ring is 2. The summed E-state index contributed by atoms with van der Waals surface area (Å²) >= 11 is 0. The predicted octanol–water partition coefficient (Wildman–Crippen LogP) is 0.423. The first kappa shape index (κ1) is 9.31. The normalized spacial score (nSPS) is 9.62. The average molecular weight is 181 g/mol. The third-order valence-corrected chi connectivity index (χ3v) is 1.52. The highest BCUT2D eigenvalue weighted by Crippen LogP contribution is 2.17. The molecule has 1 aromatic rings. The molecule has 0 radical (unpaired) electrons. The molecule has 0 saturated heterocycles. The van der Waals surface area contributed by atoms with Gasteiger partial charge in [0.2, 0.25) is 0 Å². The van der Waals surface area contributed by atoms with Gasteiger partial charge in [0.15, 0.2) is 0 Å². The lowest BCUT2D eigenvalue weighted by molar-refractivity contribution is 0.0527. The number of nitrogens with two attached hydrogens (primary N) is 2. The Labute approximate surface area is 75.7 Å². The van der Waals surface area contributed by atoms with E-state index in [4.69, 9.17) is 16.2 Å². The molecule has 5 heteroatoms. The van der Waals surface area contributed by atoms with Crippen LogP contribution >= 0.6 is 0 Å². The van der Waals surface area contributed by atoms with Crippen LogP contribution in [0.1, 0.15) is 17.3 Å². The van der Waals surface area contributed by atoms with Crippen LogP contribution in [0.4, 0.5) is 11.5 Å². The standard InChI is InChI=1S/C8H11N3O2/c1-2-13-8(12)5-3-4-11-7(10)6(5)9/h3-4H,2,9H2,1H3,(H2,10,11). The Kier molecular flexibility index (Phi) is 2.69. The van der Waals surface area contributed by atoms with E-state index >= 15 is 0 Å². The summed E-state index contributed by atoms with van der Waals surface area (Å²) in [5.74, 6) is -0.334. The minimum absolute atomic E-state index is 0.144. The lowest BCUT2D eigenvalue weighted by Crippen LogP contribution is -2.10. The highest BCUT2D eigenvalue weighted by Gasteiger charge is 2.12. The SMILES string of the molecule is CCOC(=O)c1ccnc(N)c1N. The average Bonchev–Trinajstić information content (AvgIpc) is 2.10. The highest BCUT2D eigenvalue weighted by molar-refractivity contribution is 5.97. The second-order valence-electron chi connectivity index (χ2n) is 2.38. The zero-order valence-corrected chi connectivity index (χ0v) is 7.28. The van der Waals surface area contributed by atoms with E-state index in [0.717, 1.165) is 0 Å². The monoisotopic (exact) mass is 181 g/mol. The lowest BCUT2D eigenvalue weighted by atomic mass is 10.2. The Morgan fingerprint density at radius 3 is 2.92 bits per heavy atom. The second-order valence-corrected chi connectivity index (χ2v) is 2.38. The molecule has 1 aromatic heterocycles. The predicted molar refractivity (Wildman–Crippen MR) is 49.0 cm³/mol. The number of hydrogen-bond donors (Lipinski definition) is 2. The van der Waals surface area contributed by atoms with E-state index in [0.29, 0.717) is 6.61 Å². The van der Waals surface area contributed by atoms with E-state index in [1.807, 2.05) is 0 Å². The Morgan fingerprint density at radius 2 is 2.31 bits per heavy atom. The van der Waals surface area contributed by atoms with Crippen molar-refractivity contribution in [2.24, 2.45) is 0 Å². The fourth-order valence-electron chi connectivity index (χ4n) is 0.876. The van der Waals surface area contributed by atoms with Crippen LogP contribution in [-0.2, 0) is 4.74 Å². The number of aromatic nitrogens is 1. The van der Waals surface area contributed by atoms with Gasteiger partial charge in [-0.3, -0.25) is 0 Å². The molecule has 13 heavy (non-hydrogen) atoms. The van der Waals surface area contributed by atoms with Gasteiger partial charge >= 0.3 is 5.97 Å². The molecule has 0 fully saturated rings. The molecular formula is C8H11N3O2. The van der Waals surface area contributed by atoms with Gasteiger partial charge in [-0.2, -0.15) is 0 Å². The Hall–Kier alpha value is -1.78. The van der Waals surface area contributed by atoms with Crippen molar-refractivity contribution in [1.29, 1.82) is 0 Å². The first-order valence-corrected chi connectivity index (χ1v) is 3.84. The van der Waals surface area contributed by atoms with Crippen molar-refractivity contribution < 1.29 is 9.53 Å². The molecule has 0 aliphatic carbocycles. The Balaban J connectivity index is 3.01. The summed E-state index contributed by atoms with van der Waals surface area (Å²) < 4.78 is 4.76. The molecule has 0 bridgehead atoms. The van der Waals surface area contributed by atoms with E-state index in [2.05, 4.69) is 4.98 Å². The number of carbonyl (C=O) groups is 1. The van der Waals surface area contributed by atoms with E-state index in [9.17, 15) is 4.79 Å². The first-order valence-electron chi connectivity index (χ1n) is 3.84. The van der Waals surface area contributed by atoms with Crippen molar-refractivity contribution in [3.8, 4) is 0 Å². The molecule has 0 atom stereocenters. The first-order chi connectivity index (χ1) is 6.16. The summed E-state index contributed by atoms with van der Waals surface area (Å²) in [5, 5.41) is 0. The zero-order chi connectivity index (χ0) is 9.84. The number of carbonyl (C=O) groups excluding carboxylic acids is 1. The van der Waals surface area contributed by atoms with Gasteiger partial charge in [0.1, 0.15) is 5.82 Å². The van der Waals surface area contributed by atoms with Crippen LogP contribution in [0.3, 0.4) is 0 Å². The van der Waals surface area contributed by atoms with E-state index in [1.54, 1.807) is 6.92 Å². The molecule has 1 heterocycles. The lowest BCUT2D eigenvalue weighted by Gasteiger charge is -2.05. The van der Waals surface area contributed by atoms with Gasteiger partial charge in [-0.25, -0.2) is 9.78 Å². The van der Waals surface area contributed by atoms with Gasteiger partial charge in [0.25, 0.3) is 0 Å². The molecule has 4 N–H and O–H groups in total. The van der Waals surface area contributed by atoms with E-state index in [1.165, 1.54) is 12.3 Å². The maximum Gasteiger partial charge on any atom is 0.340 e. The van der Waals surface area contributed by atoms with Crippen LogP contribution in [0, 0.1) is 0 Å². The summed E-state index contributed by atoms with van der Waals surface area (Å²) in [4.78, 5) is 15.0. The molecule has 70 valence electrons. The smallest absolute Gasteiger partial charge is 0.340 e. The number of pyridine rings is 1. The number of esters is 1. The molecule has 0 saturated carbocycles. The van der Waals surface area contributed by atoms with Crippen LogP contribution in [0.25, 0.3) is 0 Å². The molecule has 0 amide bonds. The summed E-state index contributed by atoms with van der Waals surface area (Å²) in [6, 6.07) is 1.48. The summed E-state index contributed by atoms with van der Waals surface area (Å²) in [6.45, 7) is 2.03. The Bertz CT molecular complexity index is 325. The molecule has 0 aliphatic heterocycles. The molecule has 0 unspecified atom stereocenters. The maximum absolute atomic E-state index is 11.2. The summed E-state index contributed by atoms with van der Waals surface area (Å²) in [7, 11) is 0. The van der Waals surface area contributed by atoms with Crippen molar-refractivity contribution in [1.82, 2.24) is 4.98 Å². The third kappa shape index (κ3) is 1.87. The van der Waals surface area contributed by atoms with Crippen LogP contribution in [0.15, 0.2) is 12.3 Å². The number of ether oxygens (including phenoxy) is 1. The molecule has 5 nitrogen and oxygen atoms in total. The third-order valence-electron chi connectivity index (χ3n) is 1.52. The van der Waals surface area contributed by atoms with Crippen LogP contribution in [0.5, 0.6) is 0 Å². The molecule has 0 aliphatic rings. The fraction of sp³-hybridized carbons (Fsp3) is 0.250. The van der Waals surface area contributed by atoms with Crippen molar-refractivity contribution in [3.63, 3.8) is 0 Å². The molecule has 0 spiro atoms. The van der Waals surface area contributed by atoms with Crippen LogP contribution in [-0.4, -0.2) is 17.6 Å². The summed E-state index contributed by atoms with van der Waals surface area (Å²) in [6.07, 6.45) is 1.41. The van der Waals surface area contributed by atoms with Crippen molar-refractivity contribution >= 4 is 17.5 Å². The van der Waals surface area contributed by atoms with Crippen LogP contribution < -0.4 is 11.5 Å². The number of nitrogens with zero attached hydrogens (tertiary/aromatic N) is 1. The Morgan fingerprint density at radius 1 is 1.62 bits per heavy atom. The minimum atomic E-state index is -0.478. The van der Waals surface area contributed by atoms with Crippen LogP contribution in [0.2, 0.25) is 0 Å². The van der Waals surface area contributed by atoms with E-state index in [-0.39, 0.29) is 17.1 Å².